The second-order valence-electron chi connectivity index (χ2n) is 7.85. The van der Waals surface area contributed by atoms with Gasteiger partial charge < -0.3 is 15.0 Å². The highest BCUT2D eigenvalue weighted by Gasteiger charge is 2.29. The molecule has 0 spiro atoms. The van der Waals surface area contributed by atoms with Gasteiger partial charge >= 0.3 is 0 Å². The third kappa shape index (κ3) is 6.18. The van der Waals surface area contributed by atoms with Crippen LogP contribution in [0.3, 0.4) is 0 Å². The van der Waals surface area contributed by atoms with E-state index in [1.165, 1.54) is 19.1 Å². The van der Waals surface area contributed by atoms with Crippen LogP contribution in [-0.4, -0.2) is 57.8 Å². The second-order valence-corrected chi connectivity index (χ2v) is 9.70. The number of nitrogens with zero attached hydrogens (tertiary/aromatic N) is 2. The number of ether oxygens (including phenoxy) is 1. The van der Waals surface area contributed by atoms with Gasteiger partial charge in [-0.25, -0.2) is 12.8 Å². The van der Waals surface area contributed by atoms with Gasteiger partial charge in [-0.1, -0.05) is 0 Å². The van der Waals surface area contributed by atoms with E-state index < -0.39 is 27.8 Å². The maximum atomic E-state index is 13.2. The van der Waals surface area contributed by atoms with Crippen molar-refractivity contribution in [3.8, 4) is 5.75 Å². The lowest BCUT2D eigenvalue weighted by molar-refractivity contribution is -0.116. The number of halogens is 1. The first-order valence-electron chi connectivity index (χ1n) is 10.1. The normalized spacial score (nSPS) is 16.5. The first-order chi connectivity index (χ1) is 14.6. The maximum absolute atomic E-state index is 13.2. The Morgan fingerprint density at radius 2 is 1.71 bits per heavy atom. The van der Waals surface area contributed by atoms with Gasteiger partial charge in [0.1, 0.15) is 23.7 Å². The molecule has 168 valence electrons. The second kappa shape index (κ2) is 9.65. The number of amides is 1. The molecule has 3 rings (SSSR count). The number of benzene rings is 2. The van der Waals surface area contributed by atoms with Gasteiger partial charge in [-0.15, -0.1) is 0 Å². The minimum absolute atomic E-state index is 0.177. The molecule has 0 bridgehead atoms. The van der Waals surface area contributed by atoms with Gasteiger partial charge in [0.05, 0.1) is 11.9 Å². The number of hydrogen-bond donors (Lipinski definition) is 1. The standard InChI is InChI=1S/C22H28FN3O4S/c1-16(26(31(3,28)29)19-8-4-17(23)5-9-19)22(27)24-18-6-10-20(11-7-18)30-21-12-14-25(2)15-13-21/h4-11,16,21H,12-15H2,1-3H3,(H,24,27)/t16-/m0/s1. The zero-order valence-corrected chi connectivity index (χ0v) is 18.7. The molecule has 1 fully saturated rings. The average Bonchev–Trinajstić information content (AvgIpc) is 2.71. The lowest BCUT2D eigenvalue weighted by Gasteiger charge is -2.29. The molecule has 1 aliphatic rings. The number of carbonyl (C=O) groups is 1. The molecule has 7 nitrogen and oxygen atoms in total. The predicted octanol–water partition coefficient (Wildman–Crippen LogP) is 3.09. The van der Waals surface area contributed by atoms with E-state index in [9.17, 15) is 17.6 Å². The van der Waals surface area contributed by atoms with Crippen LogP contribution in [0.5, 0.6) is 5.75 Å². The molecule has 1 heterocycles. The van der Waals surface area contributed by atoms with Gasteiger partial charge in [0, 0.05) is 18.8 Å². The molecule has 9 heteroatoms. The summed E-state index contributed by atoms with van der Waals surface area (Å²) in [4.78, 5) is 15.0. The minimum Gasteiger partial charge on any atom is -0.490 e. The summed E-state index contributed by atoms with van der Waals surface area (Å²) in [6.45, 7) is 3.49. The predicted molar refractivity (Wildman–Crippen MR) is 119 cm³/mol. The highest BCUT2D eigenvalue weighted by molar-refractivity contribution is 7.92. The Balaban J connectivity index is 1.65. The van der Waals surface area contributed by atoms with Gasteiger partial charge in [-0.3, -0.25) is 9.10 Å². The molecule has 2 aromatic rings. The van der Waals surface area contributed by atoms with Gasteiger partial charge in [0.15, 0.2) is 0 Å². The van der Waals surface area contributed by atoms with Gasteiger partial charge in [-0.05, 0) is 75.3 Å². The third-order valence-corrected chi connectivity index (χ3v) is 6.50. The molecular weight excluding hydrogens is 421 g/mol. The van der Waals surface area contributed by atoms with Crippen LogP contribution < -0.4 is 14.4 Å². The Labute approximate surface area is 182 Å². The van der Waals surface area contributed by atoms with Gasteiger partial charge in [0.2, 0.25) is 15.9 Å². The van der Waals surface area contributed by atoms with E-state index in [1.54, 1.807) is 24.3 Å². The number of piperidine rings is 1. The van der Waals surface area contributed by atoms with Crippen LogP contribution in [0.25, 0.3) is 0 Å². The Morgan fingerprint density at radius 1 is 1.13 bits per heavy atom. The number of rotatable bonds is 7. The van der Waals surface area contributed by atoms with Crippen molar-refractivity contribution in [2.75, 3.05) is 36.0 Å². The summed E-state index contributed by atoms with van der Waals surface area (Å²) in [5, 5.41) is 2.73. The molecule has 0 radical (unpaired) electrons. The first kappa shape index (κ1) is 23.0. The van der Waals surface area contributed by atoms with E-state index in [-0.39, 0.29) is 11.8 Å². The summed E-state index contributed by atoms with van der Waals surface area (Å²) in [6, 6.07) is 10.9. The Bertz CT molecular complexity index is 988. The van der Waals surface area contributed by atoms with Crippen molar-refractivity contribution in [3.63, 3.8) is 0 Å². The van der Waals surface area contributed by atoms with E-state index in [0.29, 0.717) is 5.69 Å². The summed E-state index contributed by atoms with van der Waals surface area (Å²) in [5.74, 6) is -0.264. The van der Waals surface area contributed by atoms with Crippen molar-refractivity contribution in [3.05, 3.63) is 54.3 Å². The fourth-order valence-corrected chi connectivity index (χ4v) is 4.73. The van der Waals surface area contributed by atoms with E-state index in [4.69, 9.17) is 4.74 Å². The van der Waals surface area contributed by atoms with Crippen LogP contribution in [-0.2, 0) is 14.8 Å². The van der Waals surface area contributed by atoms with E-state index in [1.807, 2.05) is 0 Å². The van der Waals surface area contributed by atoms with E-state index in [2.05, 4.69) is 17.3 Å². The summed E-state index contributed by atoms with van der Waals surface area (Å²) < 4.78 is 44.8. The Hall–Kier alpha value is -2.65. The van der Waals surface area contributed by atoms with Crippen molar-refractivity contribution in [1.82, 2.24) is 4.90 Å². The molecule has 2 aromatic carbocycles. The minimum atomic E-state index is -3.77. The smallest absolute Gasteiger partial charge is 0.247 e. The highest BCUT2D eigenvalue weighted by atomic mass is 32.2. The summed E-state index contributed by atoms with van der Waals surface area (Å²) in [5.41, 5.74) is 0.744. The monoisotopic (exact) mass is 449 g/mol. The van der Waals surface area contributed by atoms with Crippen molar-refractivity contribution >= 4 is 27.3 Å². The number of carbonyl (C=O) groups excluding carboxylic acids is 1. The molecule has 31 heavy (non-hydrogen) atoms. The largest absolute Gasteiger partial charge is 0.490 e. The number of hydrogen-bond acceptors (Lipinski definition) is 5. The number of nitrogens with one attached hydrogen (secondary N) is 1. The fourth-order valence-electron chi connectivity index (χ4n) is 3.56. The lowest BCUT2D eigenvalue weighted by atomic mass is 10.1. The molecule has 1 N–H and O–H groups in total. The van der Waals surface area contributed by atoms with E-state index in [0.717, 1.165) is 54.4 Å². The summed E-state index contributed by atoms with van der Waals surface area (Å²) in [6.07, 6.45) is 3.12. The first-order valence-corrected chi connectivity index (χ1v) is 12.0. The average molecular weight is 450 g/mol. The highest BCUT2D eigenvalue weighted by Crippen LogP contribution is 2.24. The zero-order valence-electron chi connectivity index (χ0n) is 17.9. The van der Waals surface area contributed by atoms with E-state index >= 15 is 0 Å². The number of sulfonamides is 1. The van der Waals surface area contributed by atoms with Crippen LogP contribution in [0.15, 0.2) is 48.5 Å². The van der Waals surface area contributed by atoms with Crippen LogP contribution >= 0.6 is 0 Å². The topological polar surface area (TPSA) is 79.0 Å². The summed E-state index contributed by atoms with van der Waals surface area (Å²) >= 11 is 0. The van der Waals surface area contributed by atoms with Crippen molar-refractivity contribution in [1.29, 1.82) is 0 Å². The molecule has 0 saturated carbocycles. The van der Waals surface area contributed by atoms with Crippen molar-refractivity contribution < 1.29 is 22.3 Å². The molecule has 1 saturated heterocycles. The van der Waals surface area contributed by atoms with Crippen LogP contribution in [0, 0.1) is 5.82 Å². The Morgan fingerprint density at radius 3 is 2.26 bits per heavy atom. The number of likely N-dealkylation sites (tertiary alicyclic amines) is 1. The lowest BCUT2D eigenvalue weighted by Crippen LogP contribution is -2.45. The SMILES string of the molecule is C[C@@H](C(=O)Nc1ccc(OC2CCN(C)CC2)cc1)N(c1ccc(F)cc1)S(C)(=O)=O. The zero-order chi connectivity index (χ0) is 22.6. The summed E-state index contributed by atoms with van der Waals surface area (Å²) in [7, 11) is -1.67. The van der Waals surface area contributed by atoms with Crippen molar-refractivity contribution in [2.45, 2.75) is 31.9 Å². The Kier molecular flexibility index (Phi) is 7.17. The molecule has 0 unspecified atom stereocenters. The van der Waals surface area contributed by atoms with Crippen LogP contribution in [0.4, 0.5) is 15.8 Å². The molecule has 1 aliphatic heterocycles. The van der Waals surface area contributed by atoms with Crippen LogP contribution in [0.2, 0.25) is 0 Å². The molecule has 1 atom stereocenters. The third-order valence-electron chi connectivity index (χ3n) is 5.26. The molecule has 1 amide bonds. The maximum Gasteiger partial charge on any atom is 0.247 e. The van der Waals surface area contributed by atoms with Crippen LogP contribution in [0.1, 0.15) is 19.8 Å². The van der Waals surface area contributed by atoms with Crippen molar-refractivity contribution in [2.24, 2.45) is 0 Å². The van der Waals surface area contributed by atoms with Gasteiger partial charge in [-0.2, -0.15) is 0 Å². The molecule has 0 aromatic heterocycles. The number of anilines is 2. The molecule has 0 aliphatic carbocycles. The van der Waals surface area contributed by atoms with Gasteiger partial charge in [0.25, 0.3) is 0 Å². The molecular formula is C22H28FN3O4S. The fraction of sp³-hybridized carbons (Fsp3) is 0.409. The quantitative estimate of drug-likeness (QED) is 0.703.